The van der Waals surface area contributed by atoms with Crippen molar-refractivity contribution in [3.8, 4) is 0 Å². The Bertz CT molecular complexity index is 292. The fraction of sp³-hybridized carbons (Fsp3) is 1.00. The number of halogens is 4. The van der Waals surface area contributed by atoms with Crippen molar-refractivity contribution in [3.63, 3.8) is 0 Å². The Morgan fingerprint density at radius 1 is 1.16 bits per heavy atom. The molecule has 1 saturated heterocycles. The lowest BCUT2D eigenvalue weighted by Gasteiger charge is -2.33. The first-order valence-electron chi connectivity index (χ1n) is 6.98. The summed E-state index contributed by atoms with van der Waals surface area (Å²) in [5, 5.41) is 2.42. The second kappa shape index (κ2) is 5.95. The van der Waals surface area contributed by atoms with Gasteiger partial charge in [0.1, 0.15) is 0 Å². The third-order valence-corrected chi connectivity index (χ3v) is 4.16. The van der Waals surface area contributed by atoms with Crippen LogP contribution in [0.1, 0.15) is 44.9 Å². The van der Waals surface area contributed by atoms with E-state index in [1.165, 1.54) is 6.42 Å². The van der Waals surface area contributed by atoms with Gasteiger partial charge < -0.3 is 10.1 Å². The molecular formula is C13H21F4NO. The smallest absolute Gasteiger partial charge is 0.319 e. The molecule has 2 nitrogen and oxygen atoms in total. The largest absolute Gasteiger partial charge is 0.370 e. The number of alkyl halides is 4. The zero-order valence-electron chi connectivity index (χ0n) is 10.9. The number of rotatable bonds is 5. The van der Waals surface area contributed by atoms with E-state index in [4.69, 9.17) is 4.74 Å². The molecule has 6 heteroatoms. The highest BCUT2D eigenvalue weighted by molar-refractivity contribution is 4.92. The normalized spacial score (nSPS) is 27.3. The molecule has 2 aliphatic rings. The van der Waals surface area contributed by atoms with Crippen LogP contribution in [0.5, 0.6) is 0 Å². The molecule has 1 aliphatic heterocycles. The highest BCUT2D eigenvalue weighted by Crippen LogP contribution is 2.41. The van der Waals surface area contributed by atoms with Crippen molar-refractivity contribution in [3.05, 3.63) is 0 Å². The molecule has 2 fully saturated rings. The monoisotopic (exact) mass is 283 g/mol. The van der Waals surface area contributed by atoms with E-state index in [1.54, 1.807) is 0 Å². The Balaban J connectivity index is 1.71. The molecule has 1 aliphatic carbocycles. The average molecular weight is 283 g/mol. The quantitative estimate of drug-likeness (QED) is 0.781. The van der Waals surface area contributed by atoms with Crippen molar-refractivity contribution in [2.45, 2.75) is 69.0 Å². The summed E-state index contributed by atoms with van der Waals surface area (Å²) in [6.07, 6.45) is 3.67. The minimum absolute atomic E-state index is 0.0597. The van der Waals surface area contributed by atoms with Crippen molar-refractivity contribution >= 4 is 0 Å². The molecule has 19 heavy (non-hydrogen) atoms. The summed E-state index contributed by atoms with van der Waals surface area (Å²) in [4.78, 5) is 0. The van der Waals surface area contributed by atoms with Crippen molar-refractivity contribution in [2.75, 3.05) is 13.1 Å². The van der Waals surface area contributed by atoms with Gasteiger partial charge in [-0.1, -0.05) is 19.3 Å². The van der Waals surface area contributed by atoms with Gasteiger partial charge in [-0.25, -0.2) is 8.78 Å². The fourth-order valence-corrected chi connectivity index (χ4v) is 3.08. The van der Waals surface area contributed by atoms with Gasteiger partial charge in [0.2, 0.25) is 0 Å². The number of nitrogens with one attached hydrogen (secondary N) is 1. The fourth-order valence-electron chi connectivity index (χ4n) is 3.08. The van der Waals surface area contributed by atoms with Gasteiger partial charge in [0.05, 0.1) is 18.2 Å². The summed E-state index contributed by atoms with van der Waals surface area (Å²) >= 11 is 0. The van der Waals surface area contributed by atoms with Gasteiger partial charge >= 0.3 is 12.3 Å². The summed E-state index contributed by atoms with van der Waals surface area (Å²) in [7, 11) is 0. The van der Waals surface area contributed by atoms with Gasteiger partial charge in [0.25, 0.3) is 0 Å². The second-order valence-electron chi connectivity index (χ2n) is 5.71. The second-order valence-corrected chi connectivity index (χ2v) is 5.71. The lowest BCUT2D eigenvalue weighted by Crippen LogP contribution is -2.42. The van der Waals surface area contributed by atoms with E-state index in [9.17, 15) is 17.6 Å². The molecule has 1 heterocycles. The molecule has 1 N–H and O–H groups in total. The topological polar surface area (TPSA) is 21.3 Å². The Morgan fingerprint density at radius 2 is 1.84 bits per heavy atom. The van der Waals surface area contributed by atoms with Crippen molar-refractivity contribution in [1.29, 1.82) is 0 Å². The maximum Gasteiger partial charge on any atom is 0.319 e. The highest BCUT2D eigenvalue weighted by Gasteiger charge is 2.42. The average Bonchev–Trinajstić information content (AvgIpc) is 2.73. The molecule has 0 amide bonds. The molecule has 1 unspecified atom stereocenters. The molecule has 0 radical (unpaired) electrons. The number of hydrogen-bond donors (Lipinski definition) is 1. The van der Waals surface area contributed by atoms with Crippen molar-refractivity contribution in [1.82, 2.24) is 5.32 Å². The number of hydrogen-bond acceptors (Lipinski definition) is 2. The Kier molecular flexibility index (Phi) is 4.71. The standard InChI is InChI=1S/C13H21F4NO/c14-11(15)13(16,17)9-18-8-10-4-7-12(19-10)5-2-1-3-6-12/h10-11,18H,1-9H2. The van der Waals surface area contributed by atoms with Gasteiger partial charge in [-0.3, -0.25) is 0 Å². The first-order valence-corrected chi connectivity index (χ1v) is 6.98. The molecule has 1 atom stereocenters. The Labute approximate surface area is 110 Å². The molecule has 1 saturated carbocycles. The predicted molar refractivity (Wildman–Crippen MR) is 63.7 cm³/mol. The lowest BCUT2D eigenvalue weighted by atomic mass is 9.83. The minimum Gasteiger partial charge on any atom is -0.370 e. The summed E-state index contributed by atoms with van der Waals surface area (Å²) in [6, 6.07) is 0. The van der Waals surface area contributed by atoms with Crippen LogP contribution in [0.3, 0.4) is 0 Å². The van der Waals surface area contributed by atoms with E-state index in [0.717, 1.165) is 38.5 Å². The first kappa shape index (κ1) is 15.0. The van der Waals surface area contributed by atoms with Gasteiger partial charge in [0.15, 0.2) is 0 Å². The van der Waals surface area contributed by atoms with E-state index in [-0.39, 0.29) is 18.2 Å². The Morgan fingerprint density at radius 3 is 2.47 bits per heavy atom. The Hall–Kier alpha value is -0.360. The van der Waals surface area contributed by atoms with E-state index in [2.05, 4.69) is 5.32 Å². The van der Waals surface area contributed by atoms with Gasteiger partial charge in [-0.15, -0.1) is 0 Å². The van der Waals surface area contributed by atoms with Crippen LogP contribution in [-0.4, -0.2) is 37.1 Å². The molecule has 1 spiro atoms. The maximum absolute atomic E-state index is 12.7. The minimum atomic E-state index is -3.96. The zero-order valence-corrected chi connectivity index (χ0v) is 10.9. The van der Waals surface area contributed by atoms with Gasteiger partial charge in [0, 0.05) is 6.54 Å². The molecule has 0 aromatic rings. The van der Waals surface area contributed by atoms with Crippen LogP contribution in [-0.2, 0) is 4.74 Å². The molecule has 0 bridgehead atoms. The SMILES string of the molecule is FC(F)C(F)(F)CNCC1CCC2(CCCCC2)O1. The third-order valence-electron chi connectivity index (χ3n) is 4.16. The predicted octanol–water partition coefficient (Wildman–Crippen LogP) is 3.36. The van der Waals surface area contributed by atoms with Gasteiger partial charge in [-0.05, 0) is 25.7 Å². The highest BCUT2D eigenvalue weighted by atomic mass is 19.3. The van der Waals surface area contributed by atoms with E-state index < -0.39 is 18.9 Å². The van der Waals surface area contributed by atoms with Crippen LogP contribution in [0.25, 0.3) is 0 Å². The lowest BCUT2D eigenvalue weighted by molar-refractivity contribution is -0.127. The van der Waals surface area contributed by atoms with Crippen molar-refractivity contribution in [2.24, 2.45) is 0 Å². The van der Waals surface area contributed by atoms with Crippen LogP contribution in [0, 0.1) is 0 Å². The molecular weight excluding hydrogens is 262 g/mol. The molecule has 112 valence electrons. The van der Waals surface area contributed by atoms with E-state index >= 15 is 0 Å². The van der Waals surface area contributed by atoms with E-state index in [0.29, 0.717) is 0 Å². The summed E-state index contributed by atoms with van der Waals surface area (Å²) in [5.41, 5.74) is -0.0597. The number of ether oxygens (including phenoxy) is 1. The summed E-state index contributed by atoms with van der Waals surface area (Å²) in [5.74, 6) is -3.96. The van der Waals surface area contributed by atoms with Crippen LogP contribution in [0.4, 0.5) is 17.6 Å². The van der Waals surface area contributed by atoms with Crippen LogP contribution >= 0.6 is 0 Å². The summed E-state index contributed by atoms with van der Waals surface area (Å²) in [6.45, 7) is -0.762. The zero-order chi connectivity index (χ0) is 13.9. The van der Waals surface area contributed by atoms with Crippen LogP contribution < -0.4 is 5.32 Å². The maximum atomic E-state index is 12.7. The summed E-state index contributed by atoms with van der Waals surface area (Å²) < 4.78 is 55.4. The van der Waals surface area contributed by atoms with Crippen LogP contribution in [0.15, 0.2) is 0 Å². The molecule has 0 aromatic carbocycles. The van der Waals surface area contributed by atoms with Gasteiger partial charge in [-0.2, -0.15) is 8.78 Å². The molecule has 2 rings (SSSR count). The van der Waals surface area contributed by atoms with Crippen molar-refractivity contribution < 1.29 is 22.3 Å². The first-order chi connectivity index (χ1) is 8.94. The third kappa shape index (κ3) is 3.81. The van der Waals surface area contributed by atoms with Crippen LogP contribution in [0.2, 0.25) is 0 Å². The molecule has 0 aromatic heterocycles. The van der Waals surface area contributed by atoms with E-state index in [1.807, 2.05) is 0 Å².